The van der Waals surface area contributed by atoms with Crippen molar-refractivity contribution in [2.24, 2.45) is 7.05 Å². The summed E-state index contributed by atoms with van der Waals surface area (Å²) in [4.78, 5) is 12.8. The maximum absolute atomic E-state index is 12.8. The number of benzene rings is 2. The summed E-state index contributed by atoms with van der Waals surface area (Å²) in [5.41, 5.74) is 5.14. The van der Waals surface area contributed by atoms with E-state index < -0.39 is 0 Å². The Morgan fingerprint density at radius 3 is 2.83 bits per heavy atom. The van der Waals surface area contributed by atoms with Gasteiger partial charge in [-0.15, -0.1) is 0 Å². The van der Waals surface area contributed by atoms with Gasteiger partial charge in [-0.05, 0) is 59.7 Å². The highest BCUT2D eigenvalue weighted by molar-refractivity contribution is 9.10. The molecule has 0 saturated carbocycles. The zero-order valence-electron chi connectivity index (χ0n) is 12.8. The normalized spacial score (nSPS) is 16.1. The van der Waals surface area contributed by atoms with Gasteiger partial charge in [-0.3, -0.25) is 4.79 Å². The lowest BCUT2D eigenvalue weighted by Gasteiger charge is -2.17. The summed E-state index contributed by atoms with van der Waals surface area (Å²) in [7, 11) is 2.04. The molecule has 0 saturated heterocycles. The van der Waals surface area contributed by atoms with Crippen molar-refractivity contribution in [1.29, 1.82) is 0 Å². The predicted molar refractivity (Wildman–Crippen MR) is 97.7 cm³/mol. The number of Topliss-reactive ketones (excluding diaryl/α,β-unsaturated/α-hetero) is 1. The molecule has 0 fully saturated rings. The SMILES string of the molecule is Cn1ccc2ccc(/C=C3\CCc4ccc(Br)cc4C3=O)cc21. The molecule has 0 aliphatic heterocycles. The van der Waals surface area contributed by atoms with Crippen molar-refractivity contribution in [1.82, 2.24) is 4.57 Å². The lowest BCUT2D eigenvalue weighted by Crippen LogP contribution is -2.14. The van der Waals surface area contributed by atoms with Crippen LogP contribution in [0.5, 0.6) is 0 Å². The van der Waals surface area contributed by atoms with Gasteiger partial charge in [0.2, 0.25) is 0 Å². The molecule has 1 aromatic heterocycles. The second-order valence-corrected chi connectivity index (χ2v) is 6.96. The van der Waals surface area contributed by atoms with Crippen molar-refractivity contribution in [2.45, 2.75) is 12.8 Å². The summed E-state index contributed by atoms with van der Waals surface area (Å²) >= 11 is 3.46. The number of aromatic nitrogens is 1. The fourth-order valence-corrected chi connectivity index (χ4v) is 3.60. The van der Waals surface area contributed by atoms with Crippen molar-refractivity contribution in [3.8, 4) is 0 Å². The van der Waals surface area contributed by atoms with E-state index in [1.807, 2.05) is 31.3 Å². The molecule has 0 spiro atoms. The van der Waals surface area contributed by atoms with Crippen molar-refractivity contribution < 1.29 is 4.79 Å². The third kappa shape index (κ3) is 2.55. The van der Waals surface area contributed by atoms with Crippen LogP contribution in [0.2, 0.25) is 0 Å². The van der Waals surface area contributed by atoms with Crippen LogP contribution < -0.4 is 0 Å². The first-order chi connectivity index (χ1) is 11.1. The van der Waals surface area contributed by atoms with Crippen LogP contribution >= 0.6 is 15.9 Å². The highest BCUT2D eigenvalue weighted by Crippen LogP contribution is 2.29. The lowest BCUT2D eigenvalue weighted by molar-refractivity contribution is 0.102. The number of rotatable bonds is 1. The smallest absolute Gasteiger partial charge is 0.189 e. The zero-order valence-corrected chi connectivity index (χ0v) is 14.4. The number of halogens is 1. The van der Waals surface area contributed by atoms with Gasteiger partial charge in [-0.25, -0.2) is 0 Å². The Morgan fingerprint density at radius 1 is 1.09 bits per heavy atom. The molecule has 3 aromatic rings. The number of allylic oxidation sites excluding steroid dienone is 1. The number of hydrogen-bond donors (Lipinski definition) is 0. The molecule has 2 aromatic carbocycles. The minimum atomic E-state index is 0.152. The molecule has 4 rings (SSSR count). The van der Waals surface area contributed by atoms with Gasteiger partial charge < -0.3 is 4.57 Å². The monoisotopic (exact) mass is 365 g/mol. The second kappa shape index (κ2) is 5.50. The Hall–Kier alpha value is -2.13. The largest absolute Gasteiger partial charge is 0.351 e. The third-order valence-electron chi connectivity index (χ3n) is 4.52. The van der Waals surface area contributed by atoms with Gasteiger partial charge in [-0.2, -0.15) is 0 Å². The van der Waals surface area contributed by atoms with E-state index in [1.165, 1.54) is 10.9 Å². The molecule has 0 N–H and O–H groups in total. The first kappa shape index (κ1) is 14.5. The van der Waals surface area contributed by atoms with E-state index >= 15 is 0 Å². The summed E-state index contributed by atoms with van der Waals surface area (Å²) < 4.78 is 3.06. The first-order valence-electron chi connectivity index (χ1n) is 7.70. The summed E-state index contributed by atoms with van der Waals surface area (Å²) in [6.07, 6.45) is 5.82. The molecule has 1 aliphatic rings. The van der Waals surface area contributed by atoms with E-state index in [2.05, 4.69) is 51.0 Å². The van der Waals surface area contributed by atoms with Crippen LogP contribution in [0.25, 0.3) is 17.0 Å². The molecule has 2 nitrogen and oxygen atoms in total. The average molecular weight is 366 g/mol. The molecule has 23 heavy (non-hydrogen) atoms. The van der Waals surface area contributed by atoms with Crippen LogP contribution in [0.1, 0.15) is 27.9 Å². The summed E-state index contributed by atoms with van der Waals surface area (Å²) in [5, 5.41) is 1.22. The van der Waals surface area contributed by atoms with Crippen LogP contribution in [-0.2, 0) is 13.5 Å². The topological polar surface area (TPSA) is 22.0 Å². The van der Waals surface area contributed by atoms with Crippen molar-refractivity contribution in [2.75, 3.05) is 0 Å². The quantitative estimate of drug-likeness (QED) is 0.546. The lowest BCUT2D eigenvalue weighted by atomic mass is 9.86. The second-order valence-electron chi connectivity index (χ2n) is 6.05. The number of fused-ring (bicyclic) bond motifs is 2. The maximum atomic E-state index is 12.8. The van der Waals surface area contributed by atoms with Crippen molar-refractivity contribution in [3.05, 3.63) is 75.4 Å². The van der Waals surface area contributed by atoms with Gasteiger partial charge in [0.1, 0.15) is 0 Å². The van der Waals surface area contributed by atoms with E-state index in [1.54, 1.807) is 0 Å². The molecule has 0 unspecified atom stereocenters. The van der Waals surface area contributed by atoms with Gasteiger partial charge >= 0.3 is 0 Å². The fraction of sp³-hybridized carbons (Fsp3) is 0.150. The summed E-state index contributed by atoms with van der Waals surface area (Å²) in [6, 6.07) is 14.4. The molecule has 0 amide bonds. The predicted octanol–water partition coefficient (Wildman–Crippen LogP) is 5.15. The average Bonchev–Trinajstić information content (AvgIpc) is 2.92. The van der Waals surface area contributed by atoms with E-state index in [0.29, 0.717) is 0 Å². The minimum absolute atomic E-state index is 0.152. The van der Waals surface area contributed by atoms with Gasteiger partial charge in [0.15, 0.2) is 5.78 Å². The summed E-state index contributed by atoms with van der Waals surface area (Å²) in [6.45, 7) is 0. The number of nitrogens with zero attached hydrogens (tertiary/aromatic N) is 1. The Bertz CT molecular complexity index is 965. The Labute approximate surface area is 143 Å². The number of hydrogen-bond acceptors (Lipinski definition) is 1. The van der Waals surface area contributed by atoms with Crippen LogP contribution in [0.4, 0.5) is 0 Å². The number of ketones is 1. The first-order valence-corrected chi connectivity index (χ1v) is 8.50. The van der Waals surface area contributed by atoms with Crippen LogP contribution in [-0.4, -0.2) is 10.4 Å². The molecular formula is C20H16BrNO. The molecule has 0 atom stereocenters. The molecular weight excluding hydrogens is 350 g/mol. The van der Waals surface area contributed by atoms with Crippen LogP contribution in [0.3, 0.4) is 0 Å². The molecule has 114 valence electrons. The Kier molecular flexibility index (Phi) is 3.46. The van der Waals surface area contributed by atoms with Gasteiger partial charge in [0, 0.05) is 34.4 Å². The molecule has 1 heterocycles. The zero-order chi connectivity index (χ0) is 16.0. The fourth-order valence-electron chi connectivity index (χ4n) is 3.24. The Balaban J connectivity index is 1.76. The molecule has 1 aliphatic carbocycles. The standard InChI is InChI=1S/C20H16BrNO/c1-22-9-8-15-3-2-13(11-19(15)22)10-16-5-4-14-6-7-17(21)12-18(14)20(16)23/h2-3,6-12H,4-5H2,1H3/b16-10+. The highest BCUT2D eigenvalue weighted by Gasteiger charge is 2.21. The molecule has 0 radical (unpaired) electrons. The molecule has 3 heteroatoms. The number of carbonyl (C=O) groups excluding carboxylic acids is 1. The third-order valence-corrected chi connectivity index (χ3v) is 5.02. The van der Waals surface area contributed by atoms with E-state index in [0.717, 1.165) is 39.6 Å². The summed E-state index contributed by atoms with van der Waals surface area (Å²) in [5.74, 6) is 0.152. The number of carbonyl (C=O) groups is 1. The van der Waals surface area contributed by atoms with Gasteiger partial charge in [-0.1, -0.05) is 34.1 Å². The number of aryl methyl sites for hydroxylation is 2. The van der Waals surface area contributed by atoms with Crippen molar-refractivity contribution in [3.63, 3.8) is 0 Å². The van der Waals surface area contributed by atoms with Crippen molar-refractivity contribution >= 4 is 38.7 Å². The van der Waals surface area contributed by atoms with Gasteiger partial charge in [0.05, 0.1) is 0 Å². The van der Waals surface area contributed by atoms with E-state index in [4.69, 9.17) is 0 Å². The van der Waals surface area contributed by atoms with E-state index in [-0.39, 0.29) is 5.78 Å². The Morgan fingerprint density at radius 2 is 1.96 bits per heavy atom. The maximum Gasteiger partial charge on any atom is 0.189 e. The molecule has 0 bridgehead atoms. The van der Waals surface area contributed by atoms with Crippen LogP contribution in [0.15, 0.2) is 58.7 Å². The minimum Gasteiger partial charge on any atom is -0.351 e. The highest BCUT2D eigenvalue weighted by atomic mass is 79.9. The van der Waals surface area contributed by atoms with Gasteiger partial charge in [0.25, 0.3) is 0 Å². The van der Waals surface area contributed by atoms with E-state index in [9.17, 15) is 4.79 Å². The van der Waals surface area contributed by atoms with Crippen LogP contribution in [0, 0.1) is 0 Å².